The van der Waals surface area contributed by atoms with Crippen LogP contribution in [-0.2, 0) is 26.0 Å². The first kappa shape index (κ1) is 27.2. The summed E-state index contributed by atoms with van der Waals surface area (Å²) in [4.78, 5) is 40.2. The summed E-state index contributed by atoms with van der Waals surface area (Å²) >= 11 is 12.4. The minimum atomic E-state index is -4.50. The lowest BCUT2D eigenvalue weighted by Crippen LogP contribution is -2.46. The number of methoxy groups -OCH3 is 1. The number of benzene rings is 2. The molecule has 1 unspecified atom stereocenters. The van der Waals surface area contributed by atoms with E-state index < -0.39 is 40.2 Å². The van der Waals surface area contributed by atoms with Crippen LogP contribution < -0.4 is 15.4 Å². The molecular formula is C24H26Cl2N4O6S. The number of nitrogens with one attached hydrogen (secondary N) is 2. The quantitative estimate of drug-likeness (QED) is 0.541. The van der Waals surface area contributed by atoms with Gasteiger partial charge in [-0.3, -0.25) is 14.4 Å². The normalized spacial score (nSPS) is 18.8. The number of hydrogen-bond donors (Lipinski definition) is 2. The van der Waals surface area contributed by atoms with Crippen LogP contribution in [0.1, 0.15) is 15.9 Å². The van der Waals surface area contributed by atoms with Gasteiger partial charge in [0, 0.05) is 37.7 Å². The van der Waals surface area contributed by atoms with E-state index >= 15 is 0 Å². The largest absolute Gasteiger partial charge is 0.496 e. The second-order valence-electron chi connectivity index (χ2n) is 8.70. The van der Waals surface area contributed by atoms with E-state index in [0.29, 0.717) is 46.8 Å². The number of nitrogens with zero attached hydrogens (tertiary/aromatic N) is 2. The van der Waals surface area contributed by atoms with Crippen LogP contribution in [-0.4, -0.2) is 81.7 Å². The van der Waals surface area contributed by atoms with Gasteiger partial charge in [0.05, 0.1) is 28.5 Å². The van der Waals surface area contributed by atoms with E-state index in [1.54, 1.807) is 23.1 Å². The average Bonchev–Trinajstić information content (AvgIpc) is 3.03. The van der Waals surface area contributed by atoms with Gasteiger partial charge in [0.15, 0.2) is 0 Å². The fourth-order valence-electron chi connectivity index (χ4n) is 4.32. The molecule has 10 nitrogen and oxygen atoms in total. The lowest BCUT2D eigenvalue weighted by atomic mass is 9.98. The molecular weight excluding hydrogens is 543 g/mol. The first-order valence-corrected chi connectivity index (χ1v) is 13.8. The van der Waals surface area contributed by atoms with Gasteiger partial charge in [0.2, 0.25) is 11.8 Å². The highest BCUT2D eigenvalue weighted by Crippen LogP contribution is 2.29. The van der Waals surface area contributed by atoms with E-state index in [0.717, 1.165) is 6.07 Å². The van der Waals surface area contributed by atoms with Crippen molar-refractivity contribution in [1.82, 2.24) is 19.8 Å². The van der Waals surface area contributed by atoms with Gasteiger partial charge in [-0.05, 0) is 48.4 Å². The summed E-state index contributed by atoms with van der Waals surface area (Å²) in [6.07, 6.45) is 0.0855. The van der Waals surface area contributed by atoms with Crippen molar-refractivity contribution in [3.05, 3.63) is 57.6 Å². The summed E-state index contributed by atoms with van der Waals surface area (Å²) in [6.45, 7) is 1.37. The highest BCUT2D eigenvalue weighted by atomic mass is 35.5. The molecule has 1 atom stereocenters. The van der Waals surface area contributed by atoms with Gasteiger partial charge in [-0.1, -0.05) is 23.2 Å². The lowest BCUT2D eigenvalue weighted by Gasteiger charge is -2.28. The number of piperazine rings is 1. The zero-order chi connectivity index (χ0) is 26.7. The molecule has 2 aliphatic heterocycles. The molecule has 0 aromatic heterocycles. The number of hydrogen-bond acceptors (Lipinski definition) is 7. The van der Waals surface area contributed by atoms with Crippen molar-refractivity contribution in [3.63, 3.8) is 0 Å². The zero-order valence-corrected chi connectivity index (χ0v) is 22.3. The monoisotopic (exact) mass is 568 g/mol. The third kappa shape index (κ3) is 5.85. The van der Waals surface area contributed by atoms with Gasteiger partial charge < -0.3 is 20.3 Å². The highest BCUT2D eigenvalue weighted by Gasteiger charge is 2.39. The molecule has 0 saturated carbocycles. The first-order valence-electron chi connectivity index (χ1n) is 11.6. The Morgan fingerprint density at radius 3 is 2.54 bits per heavy atom. The molecule has 3 amide bonds. The molecule has 4 rings (SSSR count). The van der Waals surface area contributed by atoms with E-state index in [1.807, 2.05) is 0 Å². The molecule has 2 saturated heterocycles. The number of rotatable bonds is 6. The van der Waals surface area contributed by atoms with Crippen molar-refractivity contribution in [2.75, 3.05) is 46.4 Å². The van der Waals surface area contributed by atoms with Gasteiger partial charge in [-0.25, -0.2) is 12.7 Å². The van der Waals surface area contributed by atoms with Crippen LogP contribution in [0, 0.1) is 5.92 Å². The van der Waals surface area contributed by atoms with Gasteiger partial charge in [-0.15, -0.1) is 0 Å². The van der Waals surface area contributed by atoms with Crippen LogP contribution in [0.3, 0.4) is 0 Å². The molecule has 2 fully saturated rings. The van der Waals surface area contributed by atoms with Gasteiger partial charge in [0.1, 0.15) is 12.3 Å². The van der Waals surface area contributed by atoms with E-state index in [1.165, 1.54) is 19.2 Å². The fourth-order valence-corrected chi connectivity index (χ4v) is 6.15. The summed E-state index contributed by atoms with van der Waals surface area (Å²) in [5.41, 5.74) is 0.605. The molecule has 0 radical (unpaired) electrons. The Morgan fingerprint density at radius 1 is 1.11 bits per heavy atom. The van der Waals surface area contributed by atoms with E-state index in [-0.39, 0.29) is 28.4 Å². The van der Waals surface area contributed by atoms with Crippen LogP contribution in [0.4, 0.5) is 0 Å². The summed E-state index contributed by atoms with van der Waals surface area (Å²) in [5, 5.41) is 6.26. The Labute approximate surface area is 224 Å². The minimum Gasteiger partial charge on any atom is -0.496 e. The fraction of sp³-hybridized carbons (Fsp3) is 0.375. The SMILES string of the molecule is COc1ccc(Cl)cc1CC1CNC(=O)CN(S(=O)(=O)c2ccc(Cl)c(C(=O)N3CCNCC3)c2)C1=O. The van der Waals surface area contributed by atoms with Gasteiger partial charge in [0.25, 0.3) is 15.9 Å². The Kier molecular flexibility index (Phi) is 8.27. The maximum absolute atomic E-state index is 13.6. The predicted molar refractivity (Wildman–Crippen MR) is 137 cm³/mol. The maximum Gasteiger partial charge on any atom is 0.267 e. The molecule has 0 bridgehead atoms. The molecule has 0 spiro atoms. The van der Waals surface area contributed by atoms with Crippen molar-refractivity contribution in [1.29, 1.82) is 0 Å². The summed E-state index contributed by atoms with van der Waals surface area (Å²) < 4.78 is 33.2. The Morgan fingerprint density at radius 2 is 1.84 bits per heavy atom. The standard InChI is InChI=1S/C24H26Cl2N4O6S/c1-36-21-5-2-17(25)11-15(21)10-16-13-28-22(31)14-30(23(16)32)37(34,35)18-3-4-20(26)19(12-18)24(33)29-8-6-27-7-9-29/h2-5,11-12,16,27H,6-10,13-14H2,1H3,(H,28,31). The Balaban J connectivity index is 1.66. The van der Waals surface area contributed by atoms with Crippen molar-refractivity contribution in [2.45, 2.75) is 11.3 Å². The molecule has 13 heteroatoms. The van der Waals surface area contributed by atoms with Crippen LogP contribution in [0.5, 0.6) is 5.75 Å². The van der Waals surface area contributed by atoms with Crippen LogP contribution in [0.15, 0.2) is 41.3 Å². The summed E-state index contributed by atoms with van der Waals surface area (Å²) in [7, 11) is -3.02. The number of halogens is 2. The minimum absolute atomic E-state index is 0.0107. The third-order valence-electron chi connectivity index (χ3n) is 6.30. The molecule has 2 heterocycles. The Bertz CT molecular complexity index is 1330. The topological polar surface area (TPSA) is 125 Å². The second kappa shape index (κ2) is 11.3. The van der Waals surface area contributed by atoms with Crippen molar-refractivity contribution >= 4 is 50.9 Å². The molecule has 2 aromatic carbocycles. The average molecular weight is 569 g/mol. The Hall–Kier alpha value is -2.86. The van der Waals surface area contributed by atoms with Gasteiger partial charge in [-0.2, -0.15) is 0 Å². The molecule has 37 heavy (non-hydrogen) atoms. The van der Waals surface area contributed by atoms with Crippen molar-refractivity contribution in [2.24, 2.45) is 5.92 Å². The number of sulfonamides is 1. The van der Waals surface area contributed by atoms with Crippen molar-refractivity contribution < 1.29 is 27.5 Å². The van der Waals surface area contributed by atoms with E-state index in [9.17, 15) is 22.8 Å². The van der Waals surface area contributed by atoms with E-state index in [2.05, 4.69) is 10.6 Å². The number of carbonyl (C=O) groups is 3. The second-order valence-corrected chi connectivity index (χ2v) is 11.4. The van der Waals surface area contributed by atoms with E-state index in [4.69, 9.17) is 27.9 Å². The van der Waals surface area contributed by atoms with Crippen LogP contribution >= 0.6 is 23.2 Å². The molecule has 198 valence electrons. The zero-order valence-electron chi connectivity index (χ0n) is 20.0. The molecule has 2 aromatic rings. The third-order valence-corrected chi connectivity index (χ3v) is 8.60. The summed E-state index contributed by atoms with van der Waals surface area (Å²) in [6, 6.07) is 8.60. The lowest BCUT2D eigenvalue weighted by molar-refractivity contribution is -0.131. The molecule has 2 N–H and O–H groups in total. The highest BCUT2D eigenvalue weighted by molar-refractivity contribution is 7.89. The molecule has 2 aliphatic rings. The number of ether oxygens (including phenoxy) is 1. The van der Waals surface area contributed by atoms with Crippen molar-refractivity contribution in [3.8, 4) is 5.75 Å². The molecule has 0 aliphatic carbocycles. The van der Waals surface area contributed by atoms with Gasteiger partial charge >= 0.3 is 0 Å². The number of carbonyl (C=O) groups excluding carboxylic acids is 3. The predicted octanol–water partition coefficient (Wildman–Crippen LogP) is 1.55. The smallest absolute Gasteiger partial charge is 0.267 e. The number of amides is 3. The maximum atomic E-state index is 13.6. The first-order chi connectivity index (χ1) is 17.6. The van der Waals surface area contributed by atoms with Crippen LogP contribution in [0.25, 0.3) is 0 Å². The van der Waals surface area contributed by atoms with Crippen LogP contribution in [0.2, 0.25) is 10.0 Å². The summed E-state index contributed by atoms with van der Waals surface area (Å²) in [5.74, 6) is -2.21.